The van der Waals surface area contributed by atoms with Crippen molar-refractivity contribution in [2.75, 3.05) is 0 Å². The number of nitrogens with one attached hydrogen (secondary N) is 1. The number of halogens is 3. The zero-order valence-electron chi connectivity index (χ0n) is 9.66. The van der Waals surface area contributed by atoms with E-state index in [1.165, 1.54) is 6.07 Å². The molecule has 2 rings (SSSR count). The van der Waals surface area contributed by atoms with Crippen LogP contribution in [0.25, 0.3) is 0 Å². The van der Waals surface area contributed by atoms with Gasteiger partial charge in [-0.3, -0.25) is 4.79 Å². The Labute approximate surface area is 129 Å². The molecular formula is C13H9BrCl2N2O. The van der Waals surface area contributed by atoms with E-state index in [0.717, 1.165) is 10.0 Å². The lowest BCUT2D eigenvalue weighted by Crippen LogP contribution is -2.24. The highest BCUT2D eigenvalue weighted by atomic mass is 79.9. The van der Waals surface area contributed by atoms with E-state index in [-0.39, 0.29) is 21.8 Å². The van der Waals surface area contributed by atoms with E-state index in [1.54, 1.807) is 6.07 Å². The van der Waals surface area contributed by atoms with Crippen molar-refractivity contribution in [2.45, 2.75) is 6.54 Å². The Morgan fingerprint density at radius 2 is 1.84 bits per heavy atom. The largest absolute Gasteiger partial charge is 0.347 e. The van der Waals surface area contributed by atoms with E-state index in [4.69, 9.17) is 23.2 Å². The molecule has 0 atom stereocenters. The van der Waals surface area contributed by atoms with Gasteiger partial charge in [0.05, 0.1) is 5.02 Å². The highest BCUT2D eigenvalue weighted by molar-refractivity contribution is 9.10. The van der Waals surface area contributed by atoms with E-state index < -0.39 is 0 Å². The molecule has 0 aliphatic heterocycles. The lowest BCUT2D eigenvalue weighted by Gasteiger charge is -2.06. The van der Waals surface area contributed by atoms with Gasteiger partial charge in [-0.15, -0.1) is 0 Å². The normalized spacial score (nSPS) is 10.3. The molecule has 0 unspecified atom stereocenters. The number of carbonyl (C=O) groups excluding carboxylic acids is 1. The minimum atomic E-state index is -0.351. The van der Waals surface area contributed by atoms with Gasteiger partial charge in [0.25, 0.3) is 5.91 Å². The molecule has 0 saturated carbocycles. The topological polar surface area (TPSA) is 42.0 Å². The zero-order chi connectivity index (χ0) is 13.8. The summed E-state index contributed by atoms with van der Waals surface area (Å²) in [6.45, 7) is 0.399. The fourth-order valence-electron chi connectivity index (χ4n) is 1.45. The van der Waals surface area contributed by atoms with Crippen molar-refractivity contribution < 1.29 is 4.79 Å². The van der Waals surface area contributed by atoms with Gasteiger partial charge in [0.2, 0.25) is 0 Å². The molecule has 3 nitrogen and oxygen atoms in total. The van der Waals surface area contributed by atoms with E-state index in [9.17, 15) is 4.79 Å². The number of hydrogen-bond donors (Lipinski definition) is 1. The number of carbonyl (C=O) groups is 1. The summed E-state index contributed by atoms with van der Waals surface area (Å²) in [6, 6.07) is 10.7. The number of aromatic nitrogens is 1. The average molecular weight is 360 g/mol. The predicted octanol–water partition coefficient (Wildman–Crippen LogP) is 4.08. The molecule has 0 fully saturated rings. The number of benzene rings is 1. The van der Waals surface area contributed by atoms with Crippen LogP contribution in [-0.4, -0.2) is 10.9 Å². The van der Waals surface area contributed by atoms with Gasteiger partial charge in [-0.25, -0.2) is 4.98 Å². The Balaban J connectivity index is 2.05. The lowest BCUT2D eigenvalue weighted by molar-refractivity contribution is 0.0946. The van der Waals surface area contributed by atoms with Crippen LogP contribution in [0.15, 0.2) is 40.9 Å². The molecule has 1 N–H and O–H groups in total. The summed E-state index contributed by atoms with van der Waals surface area (Å²) >= 11 is 15.0. The van der Waals surface area contributed by atoms with E-state index >= 15 is 0 Å². The number of rotatable bonds is 3. The molecule has 98 valence electrons. The van der Waals surface area contributed by atoms with Crippen LogP contribution >= 0.6 is 39.1 Å². The number of nitrogens with zero attached hydrogens (tertiary/aromatic N) is 1. The molecule has 0 radical (unpaired) electrons. The fourth-order valence-corrected chi connectivity index (χ4v) is 2.05. The third-order valence-electron chi connectivity index (χ3n) is 2.39. The number of amides is 1. The molecule has 19 heavy (non-hydrogen) atoms. The van der Waals surface area contributed by atoms with Gasteiger partial charge in [-0.05, 0) is 29.8 Å². The predicted molar refractivity (Wildman–Crippen MR) is 79.6 cm³/mol. The summed E-state index contributed by atoms with van der Waals surface area (Å²) in [5.74, 6) is -0.351. The lowest BCUT2D eigenvalue weighted by atomic mass is 10.2. The van der Waals surface area contributed by atoms with Crippen molar-refractivity contribution in [2.24, 2.45) is 0 Å². The molecule has 0 aliphatic rings. The van der Waals surface area contributed by atoms with Gasteiger partial charge in [0.15, 0.2) is 0 Å². The third-order valence-corrected chi connectivity index (χ3v) is 3.44. The number of pyridine rings is 1. The van der Waals surface area contributed by atoms with Crippen LogP contribution in [0.1, 0.15) is 16.1 Å². The highest BCUT2D eigenvalue weighted by Gasteiger charge is 2.12. The van der Waals surface area contributed by atoms with Crippen molar-refractivity contribution >= 4 is 45.0 Å². The minimum absolute atomic E-state index is 0.131. The first-order valence-electron chi connectivity index (χ1n) is 5.41. The van der Waals surface area contributed by atoms with Crippen molar-refractivity contribution in [3.05, 3.63) is 62.3 Å². The molecule has 0 saturated heterocycles. The van der Waals surface area contributed by atoms with Crippen LogP contribution < -0.4 is 5.32 Å². The Kier molecular flexibility index (Phi) is 4.80. The maximum atomic E-state index is 11.9. The molecule has 0 aliphatic carbocycles. The molecule has 1 aromatic heterocycles. The van der Waals surface area contributed by atoms with Gasteiger partial charge in [-0.1, -0.05) is 51.3 Å². The van der Waals surface area contributed by atoms with Crippen LogP contribution in [0.3, 0.4) is 0 Å². The summed E-state index contributed by atoms with van der Waals surface area (Å²) in [5, 5.41) is 3.25. The maximum absolute atomic E-state index is 11.9. The summed E-state index contributed by atoms with van der Waals surface area (Å²) in [5.41, 5.74) is 1.11. The average Bonchev–Trinajstić information content (AvgIpc) is 2.40. The second-order valence-corrected chi connectivity index (χ2v) is 5.48. The van der Waals surface area contributed by atoms with E-state index in [2.05, 4.69) is 26.2 Å². The van der Waals surface area contributed by atoms with Crippen molar-refractivity contribution in [1.82, 2.24) is 10.3 Å². The van der Waals surface area contributed by atoms with E-state index in [0.29, 0.717) is 6.54 Å². The van der Waals surface area contributed by atoms with Crippen LogP contribution in [-0.2, 0) is 6.54 Å². The molecule has 0 bridgehead atoms. The second kappa shape index (κ2) is 6.37. The summed E-state index contributed by atoms with van der Waals surface area (Å²) < 4.78 is 0.988. The zero-order valence-corrected chi connectivity index (χ0v) is 12.8. The Bertz CT molecular complexity index is 602. The molecule has 2 aromatic rings. The summed E-state index contributed by atoms with van der Waals surface area (Å²) in [7, 11) is 0. The van der Waals surface area contributed by atoms with Crippen LogP contribution in [0.4, 0.5) is 0 Å². The van der Waals surface area contributed by atoms with Crippen LogP contribution in [0, 0.1) is 0 Å². The minimum Gasteiger partial charge on any atom is -0.347 e. The van der Waals surface area contributed by atoms with Gasteiger partial charge in [0.1, 0.15) is 10.8 Å². The fraction of sp³-hybridized carbons (Fsp3) is 0.0769. The Hall–Kier alpha value is -1.10. The van der Waals surface area contributed by atoms with Gasteiger partial charge in [-0.2, -0.15) is 0 Å². The molecule has 0 spiro atoms. The quantitative estimate of drug-likeness (QED) is 0.839. The van der Waals surface area contributed by atoms with Gasteiger partial charge >= 0.3 is 0 Å². The van der Waals surface area contributed by atoms with Crippen LogP contribution in [0.2, 0.25) is 10.2 Å². The molecular weight excluding hydrogens is 351 g/mol. The molecule has 1 amide bonds. The van der Waals surface area contributed by atoms with Crippen molar-refractivity contribution in [3.8, 4) is 0 Å². The standard InChI is InChI=1S/C13H9BrCl2N2O/c14-9-3-1-8(2-4-9)7-17-13(19)12-10(15)5-6-11(16)18-12/h1-6H,7H2,(H,17,19). The van der Waals surface area contributed by atoms with E-state index in [1.807, 2.05) is 24.3 Å². The molecule has 6 heteroatoms. The first-order valence-corrected chi connectivity index (χ1v) is 6.96. The molecule has 1 heterocycles. The summed E-state index contributed by atoms with van der Waals surface area (Å²) in [4.78, 5) is 15.8. The van der Waals surface area contributed by atoms with Crippen molar-refractivity contribution in [1.29, 1.82) is 0 Å². The third kappa shape index (κ3) is 3.93. The SMILES string of the molecule is O=C(NCc1ccc(Br)cc1)c1nc(Cl)ccc1Cl. The highest BCUT2D eigenvalue weighted by Crippen LogP contribution is 2.17. The van der Waals surface area contributed by atoms with Gasteiger partial charge < -0.3 is 5.32 Å². The molecule has 1 aromatic carbocycles. The van der Waals surface area contributed by atoms with Crippen LogP contribution in [0.5, 0.6) is 0 Å². The number of hydrogen-bond acceptors (Lipinski definition) is 2. The monoisotopic (exact) mass is 358 g/mol. The second-order valence-electron chi connectivity index (χ2n) is 3.77. The smallest absolute Gasteiger partial charge is 0.271 e. The van der Waals surface area contributed by atoms with Gasteiger partial charge in [0, 0.05) is 11.0 Å². The summed E-state index contributed by atoms with van der Waals surface area (Å²) in [6.07, 6.45) is 0. The van der Waals surface area contributed by atoms with Crippen molar-refractivity contribution in [3.63, 3.8) is 0 Å². The Morgan fingerprint density at radius 3 is 2.53 bits per heavy atom. The first kappa shape index (κ1) is 14.3. The first-order chi connectivity index (χ1) is 9.06. The Morgan fingerprint density at radius 1 is 1.16 bits per heavy atom. The maximum Gasteiger partial charge on any atom is 0.271 e.